The largest absolute Gasteiger partial charge is 0.441 e. The van der Waals surface area contributed by atoms with Gasteiger partial charge in [-0.1, -0.05) is 29.8 Å². The van der Waals surface area contributed by atoms with Crippen molar-refractivity contribution in [3.63, 3.8) is 0 Å². The van der Waals surface area contributed by atoms with Crippen LogP contribution in [-0.2, 0) is 11.2 Å². The van der Waals surface area contributed by atoms with E-state index < -0.39 is 0 Å². The molecular weight excluding hydrogens is 440 g/mol. The van der Waals surface area contributed by atoms with Gasteiger partial charge in [0.15, 0.2) is 11.7 Å². The second-order valence-corrected chi connectivity index (χ2v) is 7.63. The number of hydrogen-bond acceptors (Lipinski definition) is 4. The molecule has 0 saturated heterocycles. The molecule has 166 valence electrons. The number of anilines is 3. The minimum atomic E-state index is -0.345. The molecule has 1 heterocycles. The quantitative estimate of drug-likeness (QED) is 0.305. The molecule has 0 atom stereocenters. The number of aryl methyl sites for hydroxylation is 1. The maximum absolute atomic E-state index is 12.3. The molecule has 0 spiro atoms. The van der Waals surface area contributed by atoms with E-state index in [9.17, 15) is 9.59 Å². The summed E-state index contributed by atoms with van der Waals surface area (Å²) in [6, 6.07) is 22.9. The van der Waals surface area contributed by atoms with Crippen LogP contribution in [0.15, 0.2) is 89.5 Å². The standard InChI is InChI=1S/C25H21ClN4O3/c26-18-8-6-17(7-9-18)22-16-27-24(33-22)15-14-23(31)28-20-10-12-21(13-11-20)30-25(32)29-19-4-2-1-3-5-19/h1-13,16H,14-15H2,(H,28,31)(H2,29,30,32). The lowest BCUT2D eigenvalue weighted by Gasteiger charge is -2.09. The number of oxazole rings is 1. The summed E-state index contributed by atoms with van der Waals surface area (Å²) in [7, 11) is 0. The second-order valence-electron chi connectivity index (χ2n) is 7.20. The smallest absolute Gasteiger partial charge is 0.323 e. The first-order valence-electron chi connectivity index (χ1n) is 10.3. The van der Waals surface area contributed by atoms with Gasteiger partial charge in [0.2, 0.25) is 5.91 Å². The van der Waals surface area contributed by atoms with Crippen molar-refractivity contribution in [2.75, 3.05) is 16.0 Å². The van der Waals surface area contributed by atoms with E-state index in [1.807, 2.05) is 30.3 Å². The van der Waals surface area contributed by atoms with Gasteiger partial charge in [0, 0.05) is 40.5 Å². The SMILES string of the molecule is O=C(CCc1ncc(-c2ccc(Cl)cc2)o1)Nc1ccc(NC(=O)Nc2ccccc2)cc1. The first-order valence-corrected chi connectivity index (χ1v) is 10.7. The average molecular weight is 461 g/mol. The molecule has 8 heteroatoms. The molecular formula is C25H21ClN4O3. The third-order valence-corrected chi connectivity index (χ3v) is 4.96. The third kappa shape index (κ3) is 6.44. The van der Waals surface area contributed by atoms with E-state index >= 15 is 0 Å². The summed E-state index contributed by atoms with van der Waals surface area (Å²) in [6.45, 7) is 0. The molecule has 1 aromatic heterocycles. The highest BCUT2D eigenvalue weighted by Crippen LogP contribution is 2.23. The highest BCUT2D eigenvalue weighted by atomic mass is 35.5. The fraction of sp³-hybridized carbons (Fsp3) is 0.0800. The summed E-state index contributed by atoms with van der Waals surface area (Å²) in [6.07, 6.45) is 2.23. The van der Waals surface area contributed by atoms with Crippen LogP contribution >= 0.6 is 11.6 Å². The van der Waals surface area contributed by atoms with E-state index in [2.05, 4.69) is 20.9 Å². The third-order valence-electron chi connectivity index (χ3n) is 4.71. The fourth-order valence-electron chi connectivity index (χ4n) is 3.07. The van der Waals surface area contributed by atoms with Crippen molar-refractivity contribution in [2.24, 2.45) is 0 Å². The highest BCUT2D eigenvalue weighted by Gasteiger charge is 2.10. The Morgan fingerprint density at radius 3 is 2.06 bits per heavy atom. The second kappa shape index (κ2) is 10.5. The van der Waals surface area contributed by atoms with Crippen LogP contribution in [0.3, 0.4) is 0 Å². The molecule has 33 heavy (non-hydrogen) atoms. The molecule has 4 rings (SSSR count). The van der Waals surface area contributed by atoms with E-state index in [0.29, 0.717) is 40.2 Å². The number of nitrogens with one attached hydrogen (secondary N) is 3. The van der Waals surface area contributed by atoms with Crippen molar-refractivity contribution < 1.29 is 14.0 Å². The normalized spacial score (nSPS) is 10.5. The van der Waals surface area contributed by atoms with E-state index in [1.165, 1.54) is 0 Å². The van der Waals surface area contributed by atoms with Crippen LogP contribution in [0, 0.1) is 0 Å². The summed E-state index contributed by atoms with van der Waals surface area (Å²) in [4.78, 5) is 28.6. The lowest BCUT2D eigenvalue weighted by atomic mass is 10.2. The van der Waals surface area contributed by atoms with Crippen molar-refractivity contribution in [3.05, 3.63) is 96.0 Å². The zero-order valence-electron chi connectivity index (χ0n) is 17.5. The maximum Gasteiger partial charge on any atom is 0.323 e. The van der Waals surface area contributed by atoms with Crippen LogP contribution in [0.1, 0.15) is 12.3 Å². The van der Waals surface area contributed by atoms with Crippen molar-refractivity contribution in [1.82, 2.24) is 4.98 Å². The zero-order chi connectivity index (χ0) is 23.0. The van der Waals surface area contributed by atoms with Gasteiger partial charge < -0.3 is 20.4 Å². The lowest BCUT2D eigenvalue weighted by molar-refractivity contribution is -0.116. The minimum Gasteiger partial charge on any atom is -0.441 e. The summed E-state index contributed by atoms with van der Waals surface area (Å²) >= 11 is 5.90. The van der Waals surface area contributed by atoms with Crippen molar-refractivity contribution in [1.29, 1.82) is 0 Å². The van der Waals surface area contributed by atoms with Gasteiger partial charge in [-0.2, -0.15) is 0 Å². The number of carbonyl (C=O) groups excluding carboxylic acids is 2. The van der Waals surface area contributed by atoms with Crippen molar-refractivity contribution >= 4 is 40.6 Å². The van der Waals surface area contributed by atoms with Crippen LogP contribution in [0.4, 0.5) is 21.9 Å². The Morgan fingerprint density at radius 1 is 0.788 bits per heavy atom. The number of carbonyl (C=O) groups is 2. The lowest BCUT2D eigenvalue weighted by Crippen LogP contribution is -2.19. The average Bonchev–Trinajstić information content (AvgIpc) is 3.29. The Hall–Kier alpha value is -4.10. The Bertz CT molecular complexity index is 1220. The van der Waals surface area contributed by atoms with Crippen molar-refractivity contribution in [3.8, 4) is 11.3 Å². The molecule has 3 aromatic carbocycles. The molecule has 0 unspecified atom stereocenters. The molecule has 3 amide bonds. The van der Waals surface area contributed by atoms with Gasteiger partial charge in [0.05, 0.1) is 6.20 Å². The summed E-state index contributed by atoms with van der Waals surface area (Å²) < 4.78 is 5.73. The van der Waals surface area contributed by atoms with Crippen LogP contribution in [0.25, 0.3) is 11.3 Å². The van der Waals surface area contributed by atoms with Crippen LogP contribution < -0.4 is 16.0 Å². The molecule has 3 N–H and O–H groups in total. The Balaban J connectivity index is 1.24. The Morgan fingerprint density at radius 2 is 1.39 bits per heavy atom. The molecule has 0 aliphatic heterocycles. The number of nitrogens with zero attached hydrogens (tertiary/aromatic N) is 1. The molecule has 0 saturated carbocycles. The van der Waals surface area contributed by atoms with Crippen molar-refractivity contribution in [2.45, 2.75) is 12.8 Å². The number of amides is 3. The first-order chi connectivity index (χ1) is 16.0. The van der Waals surface area contributed by atoms with Gasteiger partial charge in [-0.15, -0.1) is 0 Å². The van der Waals surface area contributed by atoms with E-state index in [4.69, 9.17) is 16.0 Å². The van der Waals surface area contributed by atoms with Gasteiger partial charge in [-0.25, -0.2) is 9.78 Å². The van der Waals surface area contributed by atoms with Crippen LogP contribution in [0.2, 0.25) is 5.02 Å². The van der Waals surface area contributed by atoms with Gasteiger partial charge >= 0.3 is 6.03 Å². The molecule has 7 nitrogen and oxygen atoms in total. The number of benzene rings is 3. The van der Waals surface area contributed by atoms with Gasteiger partial charge in [0.1, 0.15) is 0 Å². The highest BCUT2D eigenvalue weighted by molar-refractivity contribution is 6.30. The molecule has 0 aliphatic carbocycles. The molecule has 0 fully saturated rings. The molecule has 0 radical (unpaired) electrons. The Labute approximate surface area is 195 Å². The summed E-state index contributed by atoms with van der Waals surface area (Å²) in [5, 5.41) is 8.96. The monoisotopic (exact) mass is 460 g/mol. The molecule has 0 aliphatic rings. The topological polar surface area (TPSA) is 96.3 Å². The fourth-order valence-corrected chi connectivity index (χ4v) is 3.20. The van der Waals surface area contributed by atoms with E-state index in [0.717, 1.165) is 5.56 Å². The number of hydrogen-bond donors (Lipinski definition) is 3. The van der Waals surface area contributed by atoms with E-state index in [1.54, 1.807) is 54.7 Å². The van der Waals surface area contributed by atoms with Gasteiger partial charge in [0.25, 0.3) is 0 Å². The molecule has 0 bridgehead atoms. The summed E-state index contributed by atoms with van der Waals surface area (Å²) in [5.41, 5.74) is 2.80. The number of para-hydroxylation sites is 1. The number of aromatic nitrogens is 1. The Kier molecular flexibility index (Phi) is 7.02. The number of urea groups is 1. The zero-order valence-corrected chi connectivity index (χ0v) is 18.3. The van der Waals surface area contributed by atoms with Crippen LogP contribution in [-0.4, -0.2) is 16.9 Å². The van der Waals surface area contributed by atoms with Gasteiger partial charge in [-0.05, 0) is 60.7 Å². The summed E-state index contributed by atoms with van der Waals surface area (Å²) in [5.74, 6) is 0.948. The minimum absolute atomic E-state index is 0.163. The first kappa shape index (κ1) is 22.1. The number of halogens is 1. The van der Waals surface area contributed by atoms with Crippen LogP contribution in [0.5, 0.6) is 0 Å². The predicted octanol–water partition coefficient (Wildman–Crippen LogP) is 6.21. The van der Waals surface area contributed by atoms with Gasteiger partial charge in [-0.3, -0.25) is 4.79 Å². The van der Waals surface area contributed by atoms with E-state index in [-0.39, 0.29) is 18.4 Å². The number of rotatable bonds is 7. The predicted molar refractivity (Wildman–Crippen MR) is 129 cm³/mol. The molecule has 4 aromatic rings. The maximum atomic E-state index is 12.3.